The molecule has 0 radical (unpaired) electrons. The lowest BCUT2D eigenvalue weighted by Gasteiger charge is -2.19. The first-order chi connectivity index (χ1) is 14.1. The molecule has 1 aromatic carbocycles. The van der Waals surface area contributed by atoms with Crippen molar-refractivity contribution in [1.29, 1.82) is 0 Å². The van der Waals surface area contributed by atoms with Gasteiger partial charge in [-0.2, -0.15) is 13.2 Å². The first-order valence-corrected chi connectivity index (χ1v) is 9.26. The molecule has 0 aliphatic heterocycles. The number of hydrogen-bond donors (Lipinski definition) is 5. The Bertz CT molecular complexity index is 853. The summed E-state index contributed by atoms with van der Waals surface area (Å²) in [5.41, 5.74) is 6.92. The number of rotatable bonds is 10. The molecule has 0 bridgehead atoms. The van der Waals surface area contributed by atoms with Crippen molar-refractivity contribution >= 4 is 22.8 Å². The maximum absolute atomic E-state index is 12.4. The van der Waals surface area contributed by atoms with Gasteiger partial charge < -0.3 is 31.0 Å². The second-order valence-electron chi connectivity index (χ2n) is 6.83. The van der Waals surface area contributed by atoms with E-state index in [1.165, 1.54) is 0 Å². The van der Waals surface area contributed by atoms with Crippen LogP contribution in [0.1, 0.15) is 24.8 Å². The SMILES string of the molecule is NC(CCC(=O)NC(Cc1c[nH]c2ccccc12)C(=O)OCCC(F)(F)F)C(O)O. The molecule has 0 aliphatic carbocycles. The van der Waals surface area contributed by atoms with Gasteiger partial charge in [0.25, 0.3) is 0 Å². The number of hydrogen-bond acceptors (Lipinski definition) is 6. The molecule has 2 rings (SSSR count). The monoisotopic (exact) mass is 431 g/mol. The minimum atomic E-state index is -4.48. The van der Waals surface area contributed by atoms with Gasteiger partial charge in [0.15, 0.2) is 6.29 Å². The number of nitrogens with two attached hydrogens (primary N) is 1. The van der Waals surface area contributed by atoms with E-state index in [2.05, 4.69) is 10.3 Å². The number of ether oxygens (including phenoxy) is 1. The van der Waals surface area contributed by atoms with Crippen LogP contribution in [-0.2, 0) is 20.7 Å². The fraction of sp³-hybridized carbons (Fsp3) is 0.474. The standard InChI is InChI=1S/C19H24F3N3O5/c20-19(21,22)7-8-30-18(29)15(25-16(26)6-5-13(23)17(27)28)9-11-10-24-14-4-2-1-3-12(11)14/h1-4,10,13,15,17,24,27-28H,5-9,23H2,(H,25,26). The Labute approximate surface area is 170 Å². The van der Waals surface area contributed by atoms with Crippen molar-refractivity contribution in [3.8, 4) is 0 Å². The van der Waals surface area contributed by atoms with E-state index in [4.69, 9.17) is 20.7 Å². The van der Waals surface area contributed by atoms with Crippen molar-refractivity contribution in [3.05, 3.63) is 36.0 Å². The zero-order valence-electron chi connectivity index (χ0n) is 16.0. The van der Waals surface area contributed by atoms with Gasteiger partial charge in [0, 0.05) is 29.9 Å². The van der Waals surface area contributed by atoms with Crippen LogP contribution in [0.3, 0.4) is 0 Å². The second kappa shape index (κ2) is 10.4. The number of amides is 1. The highest BCUT2D eigenvalue weighted by molar-refractivity contribution is 5.87. The highest BCUT2D eigenvalue weighted by Crippen LogP contribution is 2.21. The summed E-state index contributed by atoms with van der Waals surface area (Å²) < 4.78 is 41.7. The first-order valence-electron chi connectivity index (χ1n) is 9.26. The summed E-state index contributed by atoms with van der Waals surface area (Å²) in [6.45, 7) is -0.857. The minimum absolute atomic E-state index is 0.00468. The molecule has 1 heterocycles. The predicted molar refractivity (Wildman–Crippen MR) is 101 cm³/mol. The fourth-order valence-corrected chi connectivity index (χ4v) is 2.79. The molecule has 0 saturated heterocycles. The fourth-order valence-electron chi connectivity index (χ4n) is 2.79. The molecular weight excluding hydrogens is 407 g/mol. The van der Waals surface area contributed by atoms with Crippen LogP contribution in [0.15, 0.2) is 30.5 Å². The number of halogens is 3. The molecule has 2 atom stereocenters. The zero-order chi connectivity index (χ0) is 22.3. The molecule has 1 aromatic heterocycles. The van der Waals surface area contributed by atoms with Crippen molar-refractivity contribution in [2.75, 3.05) is 6.61 Å². The van der Waals surface area contributed by atoms with Gasteiger partial charge in [-0.25, -0.2) is 4.79 Å². The van der Waals surface area contributed by atoms with Crippen LogP contribution < -0.4 is 11.1 Å². The minimum Gasteiger partial charge on any atom is -0.464 e. The van der Waals surface area contributed by atoms with Gasteiger partial charge in [-0.15, -0.1) is 0 Å². The van der Waals surface area contributed by atoms with Gasteiger partial charge in [0.2, 0.25) is 5.91 Å². The van der Waals surface area contributed by atoms with E-state index in [9.17, 15) is 22.8 Å². The van der Waals surface area contributed by atoms with Crippen LogP contribution in [0, 0.1) is 0 Å². The number of carbonyl (C=O) groups is 2. The first kappa shape index (κ1) is 23.6. The Kier molecular flexibility index (Phi) is 8.21. The van der Waals surface area contributed by atoms with E-state index in [0.717, 1.165) is 10.9 Å². The topological polar surface area (TPSA) is 138 Å². The molecule has 6 N–H and O–H groups in total. The van der Waals surface area contributed by atoms with Crippen LogP contribution in [-0.4, -0.2) is 58.2 Å². The van der Waals surface area contributed by atoms with Gasteiger partial charge in [-0.05, 0) is 18.1 Å². The maximum Gasteiger partial charge on any atom is 0.392 e. The Balaban J connectivity index is 2.07. The number of fused-ring (bicyclic) bond motifs is 1. The molecule has 30 heavy (non-hydrogen) atoms. The summed E-state index contributed by atoms with van der Waals surface area (Å²) >= 11 is 0. The molecule has 2 aromatic rings. The van der Waals surface area contributed by atoms with Crippen LogP contribution in [0.5, 0.6) is 0 Å². The number of H-pyrrole nitrogens is 1. The highest BCUT2D eigenvalue weighted by atomic mass is 19.4. The van der Waals surface area contributed by atoms with E-state index in [-0.39, 0.29) is 19.3 Å². The van der Waals surface area contributed by atoms with Crippen molar-refractivity contribution in [1.82, 2.24) is 10.3 Å². The van der Waals surface area contributed by atoms with Crippen LogP contribution >= 0.6 is 0 Å². The quantitative estimate of drug-likeness (QED) is 0.282. The molecule has 2 unspecified atom stereocenters. The molecule has 0 aliphatic rings. The van der Waals surface area contributed by atoms with Gasteiger partial charge in [0.1, 0.15) is 12.6 Å². The van der Waals surface area contributed by atoms with E-state index in [0.29, 0.717) is 5.56 Å². The largest absolute Gasteiger partial charge is 0.464 e. The number of aliphatic hydroxyl groups is 2. The lowest BCUT2D eigenvalue weighted by molar-refractivity contribution is -0.161. The maximum atomic E-state index is 12.4. The number of carbonyl (C=O) groups excluding carboxylic acids is 2. The summed E-state index contributed by atoms with van der Waals surface area (Å²) in [7, 11) is 0. The lowest BCUT2D eigenvalue weighted by atomic mass is 10.0. The molecule has 166 valence electrons. The van der Waals surface area contributed by atoms with E-state index < -0.39 is 49.5 Å². The number of aromatic amines is 1. The molecule has 0 spiro atoms. The van der Waals surface area contributed by atoms with Crippen LogP contribution in [0.4, 0.5) is 13.2 Å². The summed E-state index contributed by atoms with van der Waals surface area (Å²) in [5, 5.41) is 21.2. The van der Waals surface area contributed by atoms with Gasteiger partial charge in [-0.1, -0.05) is 18.2 Å². The number of aromatic nitrogens is 1. The van der Waals surface area contributed by atoms with Crippen molar-refractivity contribution < 1.29 is 37.7 Å². The average molecular weight is 431 g/mol. The second-order valence-corrected chi connectivity index (χ2v) is 6.83. The number of alkyl halides is 3. The zero-order valence-corrected chi connectivity index (χ0v) is 16.0. The number of aliphatic hydroxyl groups excluding tert-OH is 1. The summed E-state index contributed by atoms with van der Waals surface area (Å²) in [4.78, 5) is 27.6. The van der Waals surface area contributed by atoms with E-state index in [1.54, 1.807) is 18.3 Å². The van der Waals surface area contributed by atoms with Crippen molar-refractivity contribution in [2.45, 2.75) is 50.2 Å². The molecule has 0 fully saturated rings. The predicted octanol–water partition coefficient (Wildman–Crippen LogP) is 1.11. The number of nitrogens with one attached hydrogen (secondary N) is 2. The average Bonchev–Trinajstić information content (AvgIpc) is 3.07. The Morgan fingerprint density at radius 1 is 1.23 bits per heavy atom. The Hall–Kier alpha value is -2.63. The third-order valence-corrected chi connectivity index (χ3v) is 4.44. The van der Waals surface area contributed by atoms with Crippen molar-refractivity contribution in [2.24, 2.45) is 5.73 Å². The number of esters is 1. The third kappa shape index (κ3) is 7.32. The smallest absolute Gasteiger partial charge is 0.392 e. The number of benzene rings is 1. The highest BCUT2D eigenvalue weighted by Gasteiger charge is 2.29. The summed E-state index contributed by atoms with van der Waals surface area (Å²) in [6.07, 6.45) is -6.20. The molecule has 11 heteroatoms. The van der Waals surface area contributed by atoms with Crippen LogP contribution in [0.2, 0.25) is 0 Å². The molecule has 1 amide bonds. The Morgan fingerprint density at radius 2 is 1.93 bits per heavy atom. The van der Waals surface area contributed by atoms with Crippen molar-refractivity contribution in [3.63, 3.8) is 0 Å². The molecule has 0 saturated carbocycles. The van der Waals surface area contributed by atoms with Gasteiger partial charge in [-0.3, -0.25) is 4.79 Å². The van der Waals surface area contributed by atoms with Crippen LogP contribution in [0.25, 0.3) is 10.9 Å². The summed E-state index contributed by atoms with van der Waals surface area (Å²) in [6, 6.07) is 4.94. The van der Waals surface area contributed by atoms with Gasteiger partial charge in [0.05, 0.1) is 12.5 Å². The summed E-state index contributed by atoms with van der Waals surface area (Å²) in [5.74, 6) is -1.62. The molecular formula is C19H24F3N3O5. The lowest BCUT2D eigenvalue weighted by Crippen LogP contribution is -2.44. The van der Waals surface area contributed by atoms with E-state index >= 15 is 0 Å². The van der Waals surface area contributed by atoms with Gasteiger partial charge >= 0.3 is 12.1 Å². The third-order valence-electron chi connectivity index (χ3n) is 4.44. The Morgan fingerprint density at radius 3 is 2.60 bits per heavy atom. The molecule has 8 nitrogen and oxygen atoms in total. The normalized spacial score (nSPS) is 14.0. The number of para-hydroxylation sites is 1. The van der Waals surface area contributed by atoms with E-state index in [1.807, 2.05) is 12.1 Å².